The van der Waals surface area contributed by atoms with Crippen LogP contribution in [0.5, 0.6) is 0 Å². The van der Waals surface area contributed by atoms with Gasteiger partial charge < -0.3 is 9.80 Å². The summed E-state index contributed by atoms with van der Waals surface area (Å²) >= 11 is 9.77. The largest absolute Gasteiger partial charge is 0.305 e. The highest BCUT2D eigenvalue weighted by Gasteiger charge is 2.38. The predicted octanol–water partition coefficient (Wildman–Crippen LogP) is 22.4. The van der Waals surface area contributed by atoms with Crippen LogP contribution in [0.25, 0.3) is 11.1 Å². The smallest absolute Gasteiger partial charge is 0.0638 e. The molecule has 448 valence electrons. The van der Waals surface area contributed by atoms with E-state index in [1.54, 1.807) is 0 Å². The van der Waals surface area contributed by atoms with Crippen molar-refractivity contribution >= 4 is 58.8 Å². The zero-order valence-corrected chi connectivity index (χ0v) is 57.8. The molecule has 3 aliphatic rings. The van der Waals surface area contributed by atoms with Crippen LogP contribution in [0.4, 0.5) is 0 Å². The van der Waals surface area contributed by atoms with Crippen LogP contribution in [0.3, 0.4) is 0 Å². The van der Waals surface area contributed by atoms with Crippen LogP contribution in [0.2, 0.25) is 0 Å². The van der Waals surface area contributed by atoms with E-state index in [4.69, 9.17) is 0 Å². The van der Waals surface area contributed by atoms with Crippen LogP contribution < -0.4 is 0 Å². The third-order valence-electron chi connectivity index (χ3n) is 17.2. The van der Waals surface area contributed by atoms with Gasteiger partial charge in [-0.2, -0.15) is 23.5 Å². The molecule has 0 saturated heterocycles. The van der Waals surface area contributed by atoms with Gasteiger partial charge in [0, 0.05) is 20.6 Å². The van der Waals surface area contributed by atoms with Crippen molar-refractivity contribution in [2.24, 2.45) is 0 Å². The molecule has 0 aliphatic heterocycles. The lowest BCUT2D eigenvalue weighted by Gasteiger charge is -2.31. The molecule has 2 nitrogen and oxygen atoms in total. The van der Waals surface area contributed by atoms with Crippen molar-refractivity contribution in [1.82, 2.24) is 9.80 Å². The van der Waals surface area contributed by atoms with E-state index in [1.165, 1.54) is 109 Å². The molecule has 81 heavy (non-hydrogen) atoms. The summed E-state index contributed by atoms with van der Waals surface area (Å²) in [6, 6.07) is 60.2. The maximum absolute atomic E-state index is 2.40. The topological polar surface area (TPSA) is 6.48 Å². The maximum atomic E-state index is 2.40. The van der Waals surface area contributed by atoms with Gasteiger partial charge in [-0.3, -0.25) is 0 Å². The Morgan fingerprint density at radius 1 is 0.333 bits per heavy atom. The third kappa shape index (κ3) is 22.7. The van der Waals surface area contributed by atoms with Crippen molar-refractivity contribution in [2.75, 3.05) is 59.5 Å². The van der Waals surface area contributed by atoms with Crippen molar-refractivity contribution < 1.29 is 0 Å². The standard InChI is InChI=1S/C15H14S.2C15H16S.2C8H16S.2C6H15N.CH4/c1-15(16-2)13-9-5-3-7-11(13)12-8-4-6-10-14(12)15;2*1-15(16-2,13-9-5-3-6-10-13)14-11-7-4-8-12-14;2*1-8(9-2)6-4-3-5-7-8;2*1-6(2,3)7(4)5;/h3-10H,1-2H3;2*3-12H,1-2H3;2*3-7H2,1-2H3;2*1-5H3;1H4. The molecule has 6 aromatic carbocycles. The van der Waals surface area contributed by atoms with E-state index in [9.17, 15) is 0 Å². The second-order valence-corrected chi connectivity index (χ2v) is 31.3. The van der Waals surface area contributed by atoms with Gasteiger partial charge >= 0.3 is 0 Å². The van der Waals surface area contributed by atoms with Gasteiger partial charge in [-0.1, -0.05) is 230 Å². The first-order valence-corrected chi connectivity index (χ1v) is 35.4. The number of fused-ring (bicyclic) bond motifs is 3. The SMILES string of the molecule is C.CN(C)C(C)(C)C.CN(C)C(C)(C)C.CSC(C)(c1ccccc1)c1ccccc1.CSC(C)(c1ccccc1)c1ccccc1.CSC1(C)CCCCC1.CSC1(C)CCCCC1.CSC1(C)c2ccccc2-c2ccccc21. The van der Waals surface area contributed by atoms with Gasteiger partial charge in [0.25, 0.3) is 0 Å². The Kier molecular flexibility index (Phi) is 32.4. The number of thioether (sulfide) groups is 5. The molecule has 0 aromatic heterocycles. The minimum Gasteiger partial charge on any atom is -0.305 e. The van der Waals surface area contributed by atoms with E-state index >= 15 is 0 Å². The molecule has 9 rings (SSSR count). The zero-order chi connectivity index (χ0) is 59.7. The average Bonchev–Trinajstić information content (AvgIpc) is 3.96. The first-order chi connectivity index (χ1) is 37.7. The zero-order valence-electron chi connectivity index (χ0n) is 53.7. The molecular weight excluding hydrogens is 1080 g/mol. The first-order valence-electron chi connectivity index (χ1n) is 29.3. The Morgan fingerprint density at radius 2 is 0.556 bits per heavy atom. The van der Waals surface area contributed by atoms with E-state index in [0.717, 1.165) is 0 Å². The lowest BCUT2D eigenvalue weighted by Crippen LogP contribution is -2.34. The van der Waals surface area contributed by atoms with E-state index < -0.39 is 0 Å². The number of hydrogen-bond donors (Lipinski definition) is 0. The summed E-state index contributed by atoms with van der Waals surface area (Å²) in [6.45, 7) is 24.8. The van der Waals surface area contributed by atoms with Gasteiger partial charge in [0.05, 0.1) is 14.2 Å². The molecule has 3 aliphatic carbocycles. The summed E-state index contributed by atoms with van der Waals surface area (Å²) < 4.78 is 1.48. The van der Waals surface area contributed by atoms with Gasteiger partial charge in [-0.25, -0.2) is 0 Å². The molecule has 0 unspecified atom stereocenters. The molecule has 0 spiro atoms. The second-order valence-electron chi connectivity index (χ2n) is 24.8. The third-order valence-corrected chi connectivity index (χ3v) is 23.8. The van der Waals surface area contributed by atoms with Crippen molar-refractivity contribution in [3.8, 4) is 11.1 Å². The van der Waals surface area contributed by atoms with Gasteiger partial charge in [-0.15, -0.1) is 35.3 Å². The summed E-state index contributed by atoms with van der Waals surface area (Å²) in [5, 5.41) is 0. The molecule has 7 heteroatoms. The van der Waals surface area contributed by atoms with Crippen LogP contribution in [0.1, 0.15) is 181 Å². The molecule has 0 heterocycles. The minimum absolute atomic E-state index is 0. The molecule has 0 N–H and O–H groups in total. The highest BCUT2D eigenvalue weighted by atomic mass is 32.2. The number of hydrogen-bond acceptors (Lipinski definition) is 7. The van der Waals surface area contributed by atoms with Gasteiger partial charge in [0.15, 0.2) is 0 Å². The summed E-state index contributed by atoms with van der Waals surface area (Å²) in [6.07, 6.45) is 25.5. The Hall–Kier alpha value is -3.01. The predicted molar refractivity (Wildman–Crippen MR) is 381 cm³/mol. The van der Waals surface area contributed by atoms with Crippen LogP contribution >= 0.6 is 58.8 Å². The van der Waals surface area contributed by atoms with Gasteiger partial charge in [-0.05, 0) is 192 Å². The van der Waals surface area contributed by atoms with Crippen molar-refractivity contribution in [2.45, 2.75) is 183 Å². The van der Waals surface area contributed by atoms with Gasteiger partial charge in [0.2, 0.25) is 0 Å². The summed E-state index contributed by atoms with van der Waals surface area (Å²) in [5.74, 6) is 0. The summed E-state index contributed by atoms with van der Waals surface area (Å²) in [7, 11) is 8.33. The molecule has 0 bridgehead atoms. The van der Waals surface area contributed by atoms with E-state index in [2.05, 4.69) is 315 Å². The van der Waals surface area contributed by atoms with Crippen LogP contribution in [0, 0.1) is 0 Å². The van der Waals surface area contributed by atoms with E-state index in [-0.39, 0.29) is 21.7 Å². The molecular formula is C74H112N2S5. The van der Waals surface area contributed by atoms with E-state index in [0.29, 0.717) is 20.6 Å². The number of nitrogens with zero attached hydrogens (tertiary/aromatic N) is 2. The summed E-state index contributed by atoms with van der Waals surface area (Å²) in [5.41, 5.74) is 11.8. The first kappa shape index (κ1) is 74.1. The fourth-order valence-corrected chi connectivity index (χ4v) is 13.1. The van der Waals surface area contributed by atoms with Crippen molar-refractivity contribution in [3.05, 3.63) is 203 Å². The molecule has 0 radical (unpaired) electrons. The highest BCUT2D eigenvalue weighted by Crippen LogP contribution is 2.53. The fourth-order valence-electron chi connectivity index (χ4n) is 9.47. The highest BCUT2D eigenvalue weighted by molar-refractivity contribution is 8.00. The molecule has 6 aromatic rings. The monoisotopic (exact) mass is 1190 g/mol. The Morgan fingerprint density at radius 3 is 0.741 bits per heavy atom. The lowest BCUT2D eigenvalue weighted by molar-refractivity contribution is 0.219. The summed E-state index contributed by atoms with van der Waals surface area (Å²) in [4.78, 5) is 4.38. The maximum Gasteiger partial charge on any atom is 0.0638 e. The Bertz CT molecular complexity index is 2310. The lowest BCUT2D eigenvalue weighted by atomic mass is 9.90. The second kappa shape index (κ2) is 35.4. The fraction of sp³-hybridized carbons (Fsp3) is 0.514. The molecule has 2 saturated carbocycles. The number of rotatable bonds is 9. The normalized spacial score (nSPS) is 15.6. The van der Waals surface area contributed by atoms with Crippen LogP contribution in [-0.2, 0) is 14.2 Å². The average molecular weight is 1190 g/mol. The molecule has 0 amide bonds. The Labute approximate surface area is 521 Å². The van der Waals surface area contributed by atoms with Crippen molar-refractivity contribution in [3.63, 3.8) is 0 Å². The Balaban J connectivity index is 0.000000331. The molecule has 0 atom stereocenters. The molecule has 2 fully saturated rings. The minimum atomic E-state index is 0. The van der Waals surface area contributed by atoms with Crippen LogP contribution in [0.15, 0.2) is 170 Å². The van der Waals surface area contributed by atoms with E-state index in [1.807, 2.05) is 58.8 Å². The quantitative estimate of drug-likeness (QED) is 0.140. The van der Waals surface area contributed by atoms with Crippen molar-refractivity contribution in [1.29, 1.82) is 0 Å². The van der Waals surface area contributed by atoms with Crippen LogP contribution in [-0.4, -0.2) is 89.8 Å². The number of benzene rings is 6. The van der Waals surface area contributed by atoms with Gasteiger partial charge in [0.1, 0.15) is 0 Å².